The number of pyridine rings is 1. The van der Waals surface area contributed by atoms with Crippen LogP contribution in [0.1, 0.15) is 19.4 Å². The van der Waals surface area contributed by atoms with Crippen molar-refractivity contribution in [3.8, 4) is 0 Å². The van der Waals surface area contributed by atoms with Crippen LogP contribution in [0, 0.1) is 0 Å². The smallest absolute Gasteiger partial charge is 0.0746 e. The fourth-order valence-electron chi connectivity index (χ4n) is 1.75. The third kappa shape index (κ3) is 2.22. The van der Waals surface area contributed by atoms with E-state index in [0.29, 0.717) is 6.04 Å². The number of fused-ring (bicyclic) bond motifs is 1. The van der Waals surface area contributed by atoms with E-state index in [9.17, 15) is 0 Å². The van der Waals surface area contributed by atoms with Gasteiger partial charge < -0.3 is 0 Å². The molecule has 1 aromatic carbocycles. The molecule has 0 atom stereocenters. The van der Waals surface area contributed by atoms with E-state index in [1.54, 1.807) is 0 Å². The molecule has 1 heterocycles. The Hall–Kier alpha value is -1.41. The topological polar surface area (TPSA) is 16.1 Å². The third-order valence-electron chi connectivity index (χ3n) is 3.02. The van der Waals surface area contributed by atoms with E-state index in [1.165, 1.54) is 10.9 Å². The second-order valence-electron chi connectivity index (χ2n) is 4.50. The van der Waals surface area contributed by atoms with Crippen LogP contribution in [0.25, 0.3) is 10.9 Å². The van der Waals surface area contributed by atoms with Gasteiger partial charge in [0, 0.05) is 24.2 Å². The van der Waals surface area contributed by atoms with E-state index in [0.717, 1.165) is 12.1 Å². The minimum Gasteiger partial charge on any atom is -0.300 e. The van der Waals surface area contributed by atoms with E-state index >= 15 is 0 Å². The first-order valence-electron chi connectivity index (χ1n) is 5.71. The molecule has 2 aromatic rings. The molecule has 84 valence electrons. The molecule has 0 spiro atoms. The Morgan fingerprint density at radius 2 is 1.94 bits per heavy atom. The van der Waals surface area contributed by atoms with Crippen LogP contribution in [0.3, 0.4) is 0 Å². The standard InChI is InChI=1S/C14H18N2/c1-11(2)16(3)10-13-7-4-6-12-8-5-9-15-14(12)13/h4-9,11H,10H2,1-3H3. The predicted octanol–water partition coefficient (Wildman–Crippen LogP) is 3.08. The number of benzene rings is 1. The lowest BCUT2D eigenvalue weighted by atomic mass is 10.1. The summed E-state index contributed by atoms with van der Waals surface area (Å²) in [6.07, 6.45) is 1.86. The van der Waals surface area contributed by atoms with E-state index in [-0.39, 0.29) is 0 Å². The summed E-state index contributed by atoms with van der Waals surface area (Å²) >= 11 is 0. The summed E-state index contributed by atoms with van der Waals surface area (Å²) < 4.78 is 0. The second-order valence-corrected chi connectivity index (χ2v) is 4.50. The Morgan fingerprint density at radius 3 is 2.69 bits per heavy atom. The summed E-state index contributed by atoms with van der Waals surface area (Å²) in [7, 11) is 2.15. The Kier molecular flexibility index (Phi) is 3.20. The van der Waals surface area contributed by atoms with Gasteiger partial charge in [0.2, 0.25) is 0 Å². The van der Waals surface area contributed by atoms with Crippen LogP contribution in [0.4, 0.5) is 0 Å². The van der Waals surface area contributed by atoms with Gasteiger partial charge in [-0.2, -0.15) is 0 Å². The number of hydrogen-bond donors (Lipinski definition) is 0. The number of para-hydroxylation sites is 1. The molecule has 0 amide bonds. The molecule has 1 aromatic heterocycles. The normalized spacial score (nSPS) is 11.6. The van der Waals surface area contributed by atoms with Crippen LogP contribution in [0.5, 0.6) is 0 Å². The van der Waals surface area contributed by atoms with Gasteiger partial charge in [-0.3, -0.25) is 9.88 Å². The van der Waals surface area contributed by atoms with Crippen LogP contribution in [-0.4, -0.2) is 23.0 Å². The van der Waals surface area contributed by atoms with Crippen molar-refractivity contribution in [1.82, 2.24) is 9.88 Å². The number of hydrogen-bond acceptors (Lipinski definition) is 2. The van der Waals surface area contributed by atoms with Gasteiger partial charge in [-0.1, -0.05) is 24.3 Å². The first kappa shape index (κ1) is 11.1. The Labute approximate surface area is 96.9 Å². The van der Waals surface area contributed by atoms with Gasteiger partial charge >= 0.3 is 0 Å². The van der Waals surface area contributed by atoms with Gasteiger partial charge in [0.15, 0.2) is 0 Å². The zero-order chi connectivity index (χ0) is 11.5. The van der Waals surface area contributed by atoms with Crippen LogP contribution >= 0.6 is 0 Å². The van der Waals surface area contributed by atoms with Crippen LogP contribution in [0.15, 0.2) is 36.5 Å². The SMILES string of the molecule is CC(C)N(C)Cc1cccc2cccnc12. The molecular weight excluding hydrogens is 196 g/mol. The Balaban J connectivity index is 2.37. The summed E-state index contributed by atoms with van der Waals surface area (Å²) in [5, 5.41) is 1.22. The largest absolute Gasteiger partial charge is 0.300 e. The Bertz CT molecular complexity index is 472. The minimum atomic E-state index is 0.555. The fraction of sp³-hybridized carbons (Fsp3) is 0.357. The van der Waals surface area contributed by atoms with E-state index in [2.05, 4.69) is 55.0 Å². The van der Waals surface area contributed by atoms with Gasteiger partial charge in [0.1, 0.15) is 0 Å². The van der Waals surface area contributed by atoms with Gasteiger partial charge in [0.05, 0.1) is 5.52 Å². The van der Waals surface area contributed by atoms with E-state index in [1.807, 2.05) is 12.3 Å². The first-order valence-corrected chi connectivity index (χ1v) is 5.71. The summed E-state index contributed by atoms with van der Waals surface area (Å²) in [4.78, 5) is 6.79. The molecular formula is C14H18N2. The lowest BCUT2D eigenvalue weighted by Crippen LogP contribution is -2.25. The number of nitrogens with zero attached hydrogens (tertiary/aromatic N) is 2. The van der Waals surface area contributed by atoms with Crippen LogP contribution < -0.4 is 0 Å². The maximum absolute atomic E-state index is 4.47. The highest BCUT2D eigenvalue weighted by Crippen LogP contribution is 2.17. The van der Waals surface area contributed by atoms with Crippen molar-refractivity contribution in [2.45, 2.75) is 26.4 Å². The van der Waals surface area contributed by atoms with E-state index < -0.39 is 0 Å². The highest BCUT2D eigenvalue weighted by atomic mass is 15.1. The molecule has 0 saturated carbocycles. The Morgan fingerprint density at radius 1 is 1.19 bits per heavy atom. The van der Waals surface area contributed by atoms with E-state index in [4.69, 9.17) is 0 Å². The average Bonchev–Trinajstić information content (AvgIpc) is 2.29. The number of rotatable bonds is 3. The average molecular weight is 214 g/mol. The monoisotopic (exact) mass is 214 g/mol. The quantitative estimate of drug-likeness (QED) is 0.780. The van der Waals surface area contributed by atoms with Crippen molar-refractivity contribution in [3.05, 3.63) is 42.1 Å². The second kappa shape index (κ2) is 4.62. The molecule has 2 rings (SSSR count). The lowest BCUT2D eigenvalue weighted by Gasteiger charge is -2.21. The lowest BCUT2D eigenvalue weighted by molar-refractivity contribution is 0.266. The zero-order valence-electron chi connectivity index (χ0n) is 10.1. The molecule has 0 aliphatic heterocycles. The highest BCUT2D eigenvalue weighted by Gasteiger charge is 2.07. The van der Waals surface area contributed by atoms with Crippen LogP contribution in [-0.2, 0) is 6.54 Å². The van der Waals surface area contributed by atoms with Crippen molar-refractivity contribution in [2.75, 3.05) is 7.05 Å². The molecule has 16 heavy (non-hydrogen) atoms. The summed E-state index contributed by atoms with van der Waals surface area (Å²) in [6.45, 7) is 5.36. The fourth-order valence-corrected chi connectivity index (χ4v) is 1.75. The van der Waals surface area contributed by atoms with Crippen LogP contribution in [0.2, 0.25) is 0 Å². The molecule has 0 aliphatic rings. The summed E-state index contributed by atoms with van der Waals surface area (Å²) in [6, 6.07) is 11.0. The molecule has 0 fully saturated rings. The number of aromatic nitrogens is 1. The third-order valence-corrected chi connectivity index (χ3v) is 3.02. The molecule has 0 unspecified atom stereocenters. The predicted molar refractivity (Wildman–Crippen MR) is 68.3 cm³/mol. The molecule has 0 aliphatic carbocycles. The summed E-state index contributed by atoms with van der Waals surface area (Å²) in [5.41, 5.74) is 2.42. The summed E-state index contributed by atoms with van der Waals surface area (Å²) in [5.74, 6) is 0. The zero-order valence-corrected chi connectivity index (χ0v) is 10.1. The highest BCUT2D eigenvalue weighted by molar-refractivity contribution is 5.81. The van der Waals surface area contributed by atoms with Crippen molar-refractivity contribution >= 4 is 10.9 Å². The molecule has 0 N–H and O–H groups in total. The minimum absolute atomic E-state index is 0.555. The van der Waals surface area contributed by atoms with Crippen molar-refractivity contribution in [3.63, 3.8) is 0 Å². The molecule has 0 saturated heterocycles. The maximum Gasteiger partial charge on any atom is 0.0746 e. The van der Waals surface area contributed by atoms with Crippen molar-refractivity contribution in [2.24, 2.45) is 0 Å². The maximum atomic E-state index is 4.47. The van der Waals surface area contributed by atoms with Gasteiger partial charge in [-0.25, -0.2) is 0 Å². The van der Waals surface area contributed by atoms with Gasteiger partial charge in [-0.15, -0.1) is 0 Å². The van der Waals surface area contributed by atoms with Crippen molar-refractivity contribution in [1.29, 1.82) is 0 Å². The molecule has 2 nitrogen and oxygen atoms in total. The van der Waals surface area contributed by atoms with Gasteiger partial charge in [-0.05, 0) is 32.5 Å². The first-order chi connectivity index (χ1) is 7.68. The molecule has 2 heteroatoms. The van der Waals surface area contributed by atoms with Crippen molar-refractivity contribution < 1.29 is 0 Å². The van der Waals surface area contributed by atoms with Gasteiger partial charge in [0.25, 0.3) is 0 Å². The molecule has 0 bridgehead atoms. The molecule has 0 radical (unpaired) electrons.